The number of nitrogens with zero attached hydrogens (tertiary/aromatic N) is 2. The van der Waals surface area contributed by atoms with Crippen molar-refractivity contribution >= 4 is 39.0 Å². The van der Waals surface area contributed by atoms with Crippen LogP contribution in [-0.2, 0) is 0 Å². The molecule has 0 saturated heterocycles. The van der Waals surface area contributed by atoms with Gasteiger partial charge in [0.1, 0.15) is 5.82 Å². The third-order valence-electron chi connectivity index (χ3n) is 1.79. The summed E-state index contributed by atoms with van der Waals surface area (Å²) in [5.74, 6) is 0.906. The van der Waals surface area contributed by atoms with Crippen LogP contribution in [0.5, 0.6) is 0 Å². The highest BCUT2D eigenvalue weighted by atomic mass is 79.9. The molecule has 0 bridgehead atoms. The zero-order valence-corrected chi connectivity index (χ0v) is 10.3. The van der Waals surface area contributed by atoms with Crippen molar-refractivity contribution in [1.29, 1.82) is 0 Å². The predicted octanol–water partition coefficient (Wildman–Crippen LogP) is 1.96. The predicted molar refractivity (Wildman–Crippen MR) is 66.6 cm³/mol. The summed E-state index contributed by atoms with van der Waals surface area (Å²) in [6, 6.07) is 3.84. The van der Waals surface area contributed by atoms with Gasteiger partial charge in [-0.25, -0.2) is 4.98 Å². The fourth-order valence-electron chi connectivity index (χ4n) is 1.04. The van der Waals surface area contributed by atoms with Gasteiger partial charge in [-0.1, -0.05) is 12.2 Å². The van der Waals surface area contributed by atoms with Gasteiger partial charge >= 0.3 is 0 Å². The molecule has 5 heteroatoms. The number of hydrogen-bond acceptors (Lipinski definition) is 3. The number of anilines is 1. The molecule has 0 unspecified atom stereocenters. The van der Waals surface area contributed by atoms with Crippen LogP contribution in [0.25, 0.3) is 0 Å². The molecule has 1 rings (SSSR count). The van der Waals surface area contributed by atoms with Crippen LogP contribution in [0.2, 0.25) is 0 Å². The Morgan fingerprint density at radius 2 is 2.43 bits per heavy atom. The lowest BCUT2D eigenvalue weighted by molar-refractivity contribution is 0.895. The van der Waals surface area contributed by atoms with Gasteiger partial charge in [-0.2, -0.15) is 0 Å². The lowest BCUT2D eigenvalue weighted by Gasteiger charge is -2.18. The molecular formula is C9H12BrN3S. The van der Waals surface area contributed by atoms with Gasteiger partial charge in [0, 0.05) is 26.2 Å². The molecule has 0 fully saturated rings. The van der Waals surface area contributed by atoms with E-state index in [1.165, 1.54) is 0 Å². The van der Waals surface area contributed by atoms with Crippen molar-refractivity contribution < 1.29 is 0 Å². The second kappa shape index (κ2) is 5.26. The first-order chi connectivity index (χ1) is 6.61. The van der Waals surface area contributed by atoms with Gasteiger partial charge in [-0.05, 0) is 28.1 Å². The summed E-state index contributed by atoms with van der Waals surface area (Å²) >= 11 is 8.25. The highest BCUT2D eigenvalue weighted by Crippen LogP contribution is 2.21. The van der Waals surface area contributed by atoms with Crippen molar-refractivity contribution in [2.45, 2.75) is 6.42 Å². The Kier molecular flexibility index (Phi) is 4.28. The first kappa shape index (κ1) is 11.4. The molecule has 0 atom stereocenters. The van der Waals surface area contributed by atoms with Crippen molar-refractivity contribution in [1.82, 2.24) is 4.98 Å². The van der Waals surface area contributed by atoms with E-state index in [4.69, 9.17) is 18.0 Å². The van der Waals surface area contributed by atoms with Crippen LogP contribution in [0.15, 0.2) is 22.8 Å². The van der Waals surface area contributed by atoms with Crippen LogP contribution in [0.4, 0.5) is 5.82 Å². The van der Waals surface area contributed by atoms with Crippen molar-refractivity contribution in [2.24, 2.45) is 5.73 Å². The Balaban J connectivity index is 2.65. The summed E-state index contributed by atoms with van der Waals surface area (Å²) in [6.07, 6.45) is 2.46. The van der Waals surface area contributed by atoms with E-state index in [-0.39, 0.29) is 0 Å². The Bertz CT molecular complexity index is 330. The van der Waals surface area contributed by atoms with E-state index in [1.807, 2.05) is 24.1 Å². The topological polar surface area (TPSA) is 42.1 Å². The summed E-state index contributed by atoms with van der Waals surface area (Å²) in [5.41, 5.74) is 5.43. The average Bonchev–Trinajstić information content (AvgIpc) is 2.15. The largest absolute Gasteiger partial charge is 0.393 e. The highest BCUT2D eigenvalue weighted by Gasteiger charge is 2.05. The van der Waals surface area contributed by atoms with Crippen LogP contribution in [-0.4, -0.2) is 23.6 Å². The number of halogens is 1. The van der Waals surface area contributed by atoms with Gasteiger partial charge in [-0.15, -0.1) is 0 Å². The third kappa shape index (κ3) is 3.23. The molecule has 0 aliphatic heterocycles. The molecule has 0 aromatic carbocycles. The molecule has 0 radical (unpaired) electrons. The fraction of sp³-hybridized carbons (Fsp3) is 0.333. The van der Waals surface area contributed by atoms with Gasteiger partial charge in [0.25, 0.3) is 0 Å². The van der Waals surface area contributed by atoms with Crippen LogP contribution >= 0.6 is 28.1 Å². The summed E-state index contributed by atoms with van der Waals surface area (Å²) in [5, 5.41) is 0. The smallest absolute Gasteiger partial charge is 0.142 e. The Hall–Kier alpha value is -0.680. The molecule has 0 saturated carbocycles. The summed E-state index contributed by atoms with van der Waals surface area (Å²) in [6.45, 7) is 0.783. The van der Waals surface area contributed by atoms with Crippen molar-refractivity contribution in [3.8, 4) is 0 Å². The summed E-state index contributed by atoms with van der Waals surface area (Å²) < 4.78 is 0.977. The quantitative estimate of drug-likeness (QED) is 0.852. The normalized spacial score (nSPS) is 9.86. The van der Waals surface area contributed by atoms with E-state index in [2.05, 4.69) is 20.9 Å². The van der Waals surface area contributed by atoms with Gasteiger partial charge < -0.3 is 10.6 Å². The molecule has 1 heterocycles. The van der Waals surface area contributed by atoms with E-state index in [9.17, 15) is 0 Å². The minimum Gasteiger partial charge on any atom is -0.393 e. The molecule has 0 aliphatic rings. The Labute approximate surface area is 97.4 Å². The lowest BCUT2D eigenvalue weighted by Crippen LogP contribution is -2.24. The maximum Gasteiger partial charge on any atom is 0.142 e. The van der Waals surface area contributed by atoms with E-state index in [0.29, 0.717) is 11.4 Å². The number of thiocarbonyl (C=S) groups is 1. The van der Waals surface area contributed by atoms with Crippen LogP contribution in [0.1, 0.15) is 6.42 Å². The number of pyridine rings is 1. The van der Waals surface area contributed by atoms with Gasteiger partial charge in [0.2, 0.25) is 0 Å². The molecule has 2 N–H and O–H groups in total. The molecular weight excluding hydrogens is 262 g/mol. The highest BCUT2D eigenvalue weighted by molar-refractivity contribution is 9.10. The van der Waals surface area contributed by atoms with Gasteiger partial charge in [0.05, 0.1) is 9.46 Å². The summed E-state index contributed by atoms with van der Waals surface area (Å²) in [4.78, 5) is 6.80. The first-order valence-corrected chi connectivity index (χ1v) is 5.41. The maximum absolute atomic E-state index is 5.43. The number of hydrogen-bond donors (Lipinski definition) is 1. The van der Waals surface area contributed by atoms with Gasteiger partial charge in [0.15, 0.2) is 0 Å². The SMILES string of the molecule is CN(CCC(N)=S)c1ncccc1Br. The Morgan fingerprint density at radius 1 is 1.71 bits per heavy atom. The molecule has 1 aromatic rings. The molecule has 0 amide bonds. The second-order valence-electron chi connectivity index (χ2n) is 2.95. The van der Waals surface area contributed by atoms with E-state index in [0.717, 1.165) is 16.8 Å². The molecule has 14 heavy (non-hydrogen) atoms. The average molecular weight is 274 g/mol. The van der Waals surface area contributed by atoms with E-state index in [1.54, 1.807) is 6.20 Å². The van der Waals surface area contributed by atoms with Crippen molar-refractivity contribution in [2.75, 3.05) is 18.5 Å². The van der Waals surface area contributed by atoms with Crippen LogP contribution in [0.3, 0.4) is 0 Å². The van der Waals surface area contributed by atoms with Crippen molar-refractivity contribution in [3.63, 3.8) is 0 Å². The first-order valence-electron chi connectivity index (χ1n) is 4.21. The zero-order valence-electron chi connectivity index (χ0n) is 7.90. The minimum atomic E-state index is 0.531. The van der Waals surface area contributed by atoms with Gasteiger partial charge in [-0.3, -0.25) is 0 Å². The number of aromatic nitrogens is 1. The number of rotatable bonds is 4. The molecule has 0 spiro atoms. The molecule has 1 aromatic heterocycles. The van der Waals surface area contributed by atoms with E-state index >= 15 is 0 Å². The standard InChI is InChI=1S/C9H12BrN3S/c1-13(6-4-8(11)14)9-7(10)3-2-5-12-9/h2-3,5H,4,6H2,1H3,(H2,11,14). The monoisotopic (exact) mass is 273 g/mol. The fourth-order valence-corrected chi connectivity index (χ4v) is 1.69. The van der Waals surface area contributed by atoms with Crippen LogP contribution in [0, 0.1) is 0 Å². The zero-order chi connectivity index (χ0) is 10.6. The summed E-state index contributed by atoms with van der Waals surface area (Å²) in [7, 11) is 1.96. The van der Waals surface area contributed by atoms with Crippen molar-refractivity contribution in [3.05, 3.63) is 22.8 Å². The Morgan fingerprint density at radius 3 is 3.00 bits per heavy atom. The lowest BCUT2D eigenvalue weighted by atomic mass is 10.3. The number of nitrogens with two attached hydrogens (primary N) is 1. The van der Waals surface area contributed by atoms with Crippen LogP contribution < -0.4 is 10.6 Å². The van der Waals surface area contributed by atoms with E-state index < -0.39 is 0 Å². The maximum atomic E-state index is 5.43. The second-order valence-corrected chi connectivity index (χ2v) is 4.33. The molecule has 0 aliphatic carbocycles. The molecule has 3 nitrogen and oxygen atoms in total. The molecule has 76 valence electrons. The minimum absolute atomic E-state index is 0.531. The third-order valence-corrected chi connectivity index (χ3v) is 2.62.